The molecular weight excluding hydrogens is 292 g/mol. The average Bonchev–Trinajstić information content (AvgIpc) is 2.28. The molecule has 98 valence electrons. The Hall–Kier alpha value is -0.870. The molecule has 0 spiro atoms. The minimum absolute atomic E-state index is 0.0553. The second kappa shape index (κ2) is 5.41. The van der Waals surface area contributed by atoms with Gasteiger partial charge in [-0.25, -0.2) is 0 Å². The Labute approximate surface area is 116 Å². The first-order valence-electron chi connectivity index (χ1n) is 6.33. The van der Waals surface area contributed by atoms with Gasteiger partial charge in [0.15, 0.2) is 0 Å². The summed E-state index contributed by atoms with van der Waals surface area (Å²) in [5, 5.41) is 6.32. The Morgan fingerprint density at radius 2 is 2.17 bits per heavy atom. The molecule has 1 atom stereocenters. The van der Waals surface area contributed by atoms with E-state index in [4.69, 9.17) is 0 Å². The van der Waals surface area contributed by atoms with Crippen molar-refractivity contribution in [1.29, 1.82) is 0 Å². The highest BCUT2D eigenvalue weighted by Crippen LogP contribution is 2.23. The second-order valence-electron chi connectivity index (χ2n) is 5.19. The van der Waals surface area contributed by atoms with Crippen molar-refractivity contribution >= 4 is 27.5 Å². The Morgan fingerprint density at radius 1 is 1.39 bits per heavy atom. The first-order chi connectivity index (χ1) is 8.49. The van der Waals surface area contributed by atoms with Gasteiger partial charge in [0, 0.05) is 10.2 Å². The zero-order chi connectivity index (χ0) is 13.2. The molecule has 0 saturated carbocycles. The lowest BCUT2D eigenvalue weighted by molar-refractivity contribution is -0.122. The SMILES string of the molecule is Cc1cc(Br)cc(NC(=O)C2(C)CCCCN2)c1. The van der Waals surface area contributed by atoms with Crippen molar-refractivity contribution in [2.75, 3.05) is 11.9 Å². The number of anilines is 1. The summed E-state index contributed by atoms with van der Waals surface area (Å²) < 4.78 is 0.986. The number of carbonyl (C=O) groups is 1. The molecule has 0 aliphatic carbocycles. The van der Waals surface area contributed by atoms with E-state index < -0.39 is 5.54 Å². The molecule has 0 aromatic heterocycles. The molecule has 1 saturated heterocycles. The Morgan fingerprint density at radius 3 is 2.78 bits per heavy atom. The molecular formula is C14H19BrN2O. The highest BCUT2D eigenvalue weighted by atomic mass is 79.9. The number of benzene rings is 1. The first kappa shape index (κ1) is 13.6. The molecule has 1 fully saturated rings. The molecule has 2 N–H and O–H groups in total. The van der Waals surface area contributed by atoms with E-state index in [0.717, 1.165) is 41.5 Å². The molecule has 3 nitrogen and oxygen atoms in total. The van der Waals surface area contributed by atoms with E-state index in [2.05, 4.69) is 26.6 Å². The van der Waals surface area contributed by atoms with E-state index in [9.17, 15) is 4.79 Å². The molecule has 1 aliphatic heterocycles. The molecule has 1 aromatic rings. The molecule has 1 heterocycles. The van der Waals surface area contributed by atoms with Gasteiger partial charge >= 0.3 is 0 Å². The van der Waals surface area contributed by atoms with Crippen LogP contribution in [-0.4, -0.2) is 18.0 Å². The Kier molecular flexibility index (Phi) is 4.07. The highest BCUT2D eigenvalue weighted by Gasteiger charge is 2.34. The number of carbonyl (C=O) groups excluding carboxylic acids is 1. The van der Waals surface area contributed by atoms with Crippen LogP contribution in [0.15, 0.2) is 22.7 Å². The highest BCUT2D eigenvalue weighted by molar-refractivity contribution is 9.10. The van der Waals surface area contributed by atoms with Crippen molar-refractivity contribution in [2.24, 2.45) is 0 Å². The van der Waals surface area contributed by atoms with Gasteiger partial charge in [0.1, 0.15) is 0 Å². The second-order valence-corrected chi connectivity index (χ2v) is 6.10. The molecule has 0 radical (unpaired) electrons. The maximum Gasteiger partial charge on any atom is 0.244 e. The third kappa shape index (κ3) is 3.12. The minimum Gasteiger partial charge on any atom is -0.324 e. The third-order valence-corrected chi connectivity index (χ3v) is 3.88. The van der Waals surface area contributed by atoms with Crippen LogP contribution in [0.5, 0.6) is 0 Å². The van der Waals surface area contributed by atoms with E-state index in [1.54, 1.807) is 0 Å². The standard InChI is InChI=1S/C14H19BrN2O/c1-10-7-11(15)9-12(8-10)17-13(18)14(2)5-3-4-6-16-14/h7-9,16H,3-6H2,1-2H3,(H,17,18). The van der Waals surface area contributed by atoms with Crippen LogP contribution in [0.2, 0.25) is 0 Å². The normalized spacial score (nSPS) is 23.7. The van der Waals surface area contributed by atoms with Crippen LogP contribution in [-0.2, 0) is 4.79 Å². The minimum atomic E-state index is -0.436. The van der Waals surface area contributed by atoms with Crippen LogP contribution in [0.1, 0.15) is 31.7 Å². The van der Waals surface area contributed by atoms with Gasteiger partial charge in [-0.05, 0) is 63.4 Å². The Bertz CT molecular complexity index is 433. The van der Waals surface area contributed by atoms with Gasteiger partial charge in [-0.2, -0.15) is 0 Å². The van der Waals surface area contributed by atoms with Crippen LogP contribution in [0.4, 0.5) is 5.69 Å². The van der Waals surface area contributed by atoms with Crippen molar-refractivity contribution in [1.82, 2.24) is 5.32 Å². The monoisotopic (exact) mass is 310 g/mol. The fourth-order valence-corrected chi connectivity index (χ4v) is 2.94. The van der Waals surface area contributed by atoms with Crippen molar-refractivity contribution in [3.63, 3.8) is 0 Å². The summed E-state index contributed by atoms with van der Waals surface area (Å²) >= 11 is 3.45. The van der Waals surface area contributed by atoms with Gasteiger partial charge in [0.25, 0.3) is 0 Å². The zero-order valence-electron chi connectivity index (χ0n) is 10.8. The van der Waals surface area contributed by atoms with Gasteiger partial charge in [0.2, 0.25) is 5.91 Å². The molecule has 18 heavy (non-hydrogen) atoms. The fraction of sp³-hybridized carbons (Fsp3) is 0.500. The molecule has 1 amide bonds. The van der Waals surface area contributed by atoms with Crippen LogP contribution in [0.25, 0.3) is 0 Å². The van der Waals surface area contributed by atoms with Crippen LogP contribution in [0, 0.1) is 6.92 Å². The average molecular weight is 311 g/mol. The number of amides is 1. The lowest BCUT2D eigenvalue weighted by Crippen LogP contribution is -2.54. The predicted molar refractivity (Wildman–Crippen MR) is 77.8 cm³/mol. The number of halogens is 1. The van der Waals surface area contributed by atoms with E-state index in [1.807, 2.05) is 32.0 Å². The number of aryl methyl sites for hydroxylation is 1. The fourth-order valence-electron chi connectivity index (χ4n) is 2.33. The maximum absolute atomic E-state index is 12.3. The molecule has 1 aliphatic rings. The lowest BCUT2D eigenvalue weighted by Gasteiger charge is -2.33. The third-order valence-electron chi connectivity index (χ3n) is 3.42. The predicted octanol–water partition coefficient (Wildman–Crippen LogP) is 3.23. The summed E-state index contributed by atoms with van der Waals surface area (Å²) in [4.78, 5) is 12.3. The van der Waals surface area contributed by atoms with Gasteiger partial charge in [-0.3, -0.25) is 4.79 Å². The van der Waals surface area contributed by atoms with Crippen LogP contribution in [0.3, 0.4) is 0 Å². The van der Waals surface area contributed by atoms with Crippen molar-refractivity contribution in [2.45, 2.75) is 38.6 Å². The molecule has 4 heteroatoms. The molecule has 1 aromatic carbocycles. The topological polar surface area (TPSA) is 41.1 Å². The van der Waals surface area contributed by atoms with Crippen LogP contribution >= 0.6 is 15.9 Å². The number of hydrogen-bond donors (Lipinski definition) is 2. The van der Waals surface area contributed by atoms with Crippen molar-refractivity contribution in [3.8, 4) is 0 Å². The van der Waals surface area contributed by atoms with E-state index in [0.29, 0.717) is 0 Å². The summed E-state index contributed by atoms with van der Waals surface area (Å²) in [6.45, 7) is 4.91. The summed E-state index contributed by atoms with van der Waals surface area (Å²) in [6, 6.07) is 5.93. The van der Waals surface area contributed by atoms with Crippen LogP contribution < -0.4 is 10.6 Å². The molecule has 1 unspecified atom stereocenters. The first-order valence-corrected chi connectivity index (χ1v) is 7.13. The number of piperidine rings is 1. The van der Waals surface area contributed by atoms with Crippen molar-refractivity contribution in [3.05, 3.63) is 28.2 Å². The molecule has 0 bridgehead atoms. The van der Waals surface area contributed by atoms with Gasteiger partial charge in [-0.15, -0.1) is 0 Å². The smallest absolute Gasteiger partial charge is 0.244 e. The van der Waals surface area contributed by atoms with Gasteiger partial charge in [-0.1, -0.05) is 15.9 Å². The number of nitrogens with one attached hydrogen (secondary N) is 2. The Balaban J connectivity index is 2.10. The largest absolute Gasteiger partial charge is 0.324 e. The quantitative estimate of drug-likeness (QED) is 0.880. The van der Waals surface area contributed by atoms with E-state index in [1.165, 1.54) is 0 Å². The van der Waals surface area contributed by atoms with E-state index >= 15 is 0 Å². The summed E-state index contributed by atoms with van der Waals surface area (Å²) in [5.74, 6) is 0.0553. The van der Waals surface area contributed by atoms with E-state index in [-0.39, 0.29) is 5.91 Å². The lowest BCUT2D eigenvalue weighted by atomic mass is 9.90. The number of rotatable bonds is 2. The van der Waals surface area contributed by atoms with Gasteiger partial charge < -0.3 is 10.6 Å². The van der Waals surface area contributed by atoms with Crippen molar-refractivity contribution < 1.29 is 4.79 Å². The summed E-state index contributed by atoms with van der Waals surface area (Å²) in [5.41, 5.74) is 1.54. The molecule has 2 rings (SSSR count). The maximum atomic E-state index is 12.3. The number of hydrogen-bond acceptors (Lipinski definition) is 2. The zero-order valence-corrected chi connectivity index (χ0v) is 12.4. The van der Waals surface area contributed by atoms with Gasteiger partial charge in [0.05, 0.1) is 5.54 Å². The summed E-state index contributed by atoms with van der Waals surface area (Å²) in [7, 11) is 0. The summed E-state index contributed by atoms with van der Waals surface area (Å²) in [6.07, 6.45) is 3.15.